The summed E-state index contributed by atoms with van der Waals surface area (Å²) in [4.78, 5) is 13.1. The number of hydrogen-bond acceptors (Lipinski definition) is 8. The van der Waals surface area contributed by atoms with Gasteiger partial charge < -0.3 is 40.3 Å². The number of carbonyl (C=O) groups excluding carboxylic acids is 1. The number of carbonyl (C=O) groups is 1. The van der Waals surface area contributed by atoms with Crippen molar-refractivity contribution in [3.05, 3.63) is 24.3 Å². The molecule has 0 spiro atoms. The maximum atomic E-state index is 13.1. The van der Waals surface area contributed by atoms with Crippen molar-refractivity contribution in [3.63, 3.8) is 0 Å². The van der Waals surface area contributed by atoms with Crippen LogP contribution < -0.4 is 5.32 Å². The molecule has 1 rings (SSSR count). The number of hydrogen-bond donors (Lipinski definition) is 6. The summed E-state index contributed by atoms with van der Waals surface area (Å²) in [6.45, 7) is 3.81. The second-order valence-corrected chi connectivity index (χ2v) is 24.7. The van der Waals surface area contributed by atoms with E-state index in [2.05, 4.69) is 31.3 Å². The lowest BCUT2D eigenvalue weighted by atomic mass is 9.99. The van der Waals surface area contributed by atoms with E-state index in [0.29, 0.717) is 6.42 Å². The quantitative estimate of drug-likeness (QED) is 0.0261. The van der Waals surface area contributed by atoms with Gasteiger partial charge in [-0.2, -0.15) is 0 Å². The predicted molar refractivity (Wildman–Crippen MR) is 337 cm³/mol. The zero-order chi connectivity index (χ0) is 57.2. The van der Waals surface area contributed by atoms with E-state index >= 15 is 0 Å². The first-order valence-corrected chi connectivity index (χ1v) is 35.1. The Morgan fingerprint density at radius 2 is 0.722 bits per heavy atom. The average molecular weight is 1120 g/mol. The number of ether oxygens (including phenoxy) is 2. The van der Waals surface area contributed by atoms with E-state index in [4.69, 9.17) is 9.47 Å². The van der Waals surface area contributed by atoms with Crippen molar-refractivity contribution in [1.82, 2.24) is 5.32 Å². The van der Waals surface area contributed by atoms with Crippen molar-refractivity contribution < 1.29 is 39.8 Å². The monoisotopic (exact) mass is 1120 g/mol. The summed E-state index contributed by atoms with van der Waals surface area (Å²) in [5.41, 5.74) is 0. The van der Waals surface area contributed by atoms with E-state index in [1.165, 1.54) is 302 Å². The Kier molecular flexibility index (Phi) is 57.3. The third-order valence-corrected chi connectivity index (χ3v) is 17.0. The molecule has 7 unspecified atom stereocenters. The SMILES string of the molecule is CCCCCCCCCCCCCC/C=C/CC/C=C/C(O)C(COC1OC(CO)C(O)C(O)C1O)NC(=O)CCCCCCCCCCCCCCCCCCCCCCCCCCCCCCCCCCCCCCCC. The van der Waals surface area contributed by atoms with Gasteiger partial charge >= 0.3 is 0 Å². The molecule has 0 aromatic rings. The highest BCUT2D eigenvalue weighted by atomic mass is 16.7. The lowest BCUT2D eigenvalue weighted by Crippen LogP contribution is -2.60. The molecule has 9 nitrogen and oxygen atoms in total. The maximum absolute atomic E-state index is 13.1. The zero-order valence-corrected chi connectivity index (χ0v) is 52.4. The number of allylic oxidation sites excluding steroid dienone is 3. The maximum Gasteiger partial charge on any atom is 0.220 e. The lowest BCUT2D eigenvalue weighted by Gasteiger charge is -2.40. The summed E-state index contributed by atoms with van der Waals surface area (Å²) in [6, 6.07) is -0.819. The third kappa shape index (κ3) is 48.7. The van der Waals surface area contributed by atoms with Crippen molar-refractivity contribution in [2.45, 2.75) is 403 Å². The smallest absolute Gasteiger partial charge is 0.220 e. The fraction of sp³-hybridized carbons (Fsp3) is 0.929. The van der Waals surface area contributed by atoms with E-state index in [-0.39, 0.29) is 12.5 Å². The molecule has 1 saturated heterocycles. The van der Waals surface area contributed by atoms with Crippen molar-refractivity contribution in [2.75, 3.05) is 13.2 Å². The summed E-state index contributed by atoms with van der Waals surface area (Å²) in [5, 5.41) is 54.6. The minimum Gasteiger partial charge on any atom is -0.394 e. The molecule has 1 aliphatic heterocycles. The molecule has 1 amide bonds. The molecule has 0 aromatic carbocycles. The molecule has 1 heterocycles. The van der Waals surface area contributed by atoms with Crippen LogP contribution in [0.1, 0.15) is 361 Å². The first-order valence-electron chi connectivity index (χ1n) is 35.1. The molecule has 0 radical (unpaired) electrons. The number of unbranched alkanes of at least 4 members (excludes halogenated alkanes) is 50. The predicted octanol–water partition coefficient (Wildman–Crippen LogP) is 18.9. The first-order chi connectivity index (χ1) is 38.8. The van der Waals surface area contributed by atoms with Gasteiger partial charge in [0.25, 0.3) is 0 Å². The van der Waals surface area contributed by atoms with Gasteiger partial charge in [0.15, 0.2) is 6.29 Å². The fourth-order valence-corrected chi connectivity index (χ4v) is 11.5. The van der Waals surface area contributed by atoms with Gasteiger partial charge in [0.1, 0.15) is 24.4 Å². The average Bonchev–Trinajstić information content (AvgIpc) is 3.47. The Bertz CT molecular complexity index is 1300. The normalized spacial score (nSPS) is 18.6. The van der Waals surface area contributed by atoms with Crippen LogP contribution in [-0.2, 0) is 14.3 Å². The Morgan fingerprint density at radius 1 is 0.418 bits per heavy atom. The van der Waals surface area contributed by atoms with Crippen LogP contribution in [0.25, 0.3) is 0 Å². The molecule has 0 aliphatic carbocycles. The second-order valence-electron chi connectivity index (χ2n) is 24.7. The third-order valence-electron chi connectivity index (χ3n) is 17.0. The van der Waals surface area contributed by atoms with Crippen LogP contribution in [0.15, 0.2) is 24.3 Å². The van der Waals surface area contributed by atoms with E-state index < -0.39 is 49.5 Å². The molecular formula is C70H135NO8. The highest BCUT2D eigenvalue weighted by molar-refractivity contribution is 5.76. The Balaban J connectivity index is 2.05. The summed E-state index contributed by atoms with van der Waals surface area (Å²) < 4.78 is 11.3. The number of nitrogens with one attached hydrogen (secondary N) is 1. The minimum atomic E-state index is -1.57. The van der Waals surface area contributed by atoms with Gasteiger partial charge in [-0.3, -0.25) is 4.79 Å². The molecule has 79 heavy (non-hydrogen) atoms. The van der Waals surface area contributed by atoms with Gasteiger partial charge in [0.05, 0.1) is 25.4 Å². The van der Waals surface area contributed by atoms with Crippen LogP contribution in [0, 0.1) is 0 Å². The van der Waals surface area contributed by atoms with Gasteiger partial charge in [-0.15, -0.1) is 0 Å². The topological polar surface area (TPSA) is 149 Å². The van der Waals surface area contributed by atoms with Gasteiger partial charge in [-0.1, -0.05) is 346 Å². The summed E-state index contributed by atoms with van der Waals surface area (Å²) in [7, 11) is 0. The van der Waals surface area contributed by atoms with E-state index in [1.807, 2.05) is 6.08 Å². The molecule has 0 saturated carbocycles. The van der Waals surface area contributed by atoms with E-state index in [9.17, 15) is 30.3 Å². The molecule has 468 valence electrons. The number of aliphatic hydroxyl groups excluding tert-OH is 5. The van der Waals surface area contributed by atoms with Gasteiger partial charge in [0.2, 0.25) is 5.91 Å². The van der Waals surface area contributed by atoms with Gasteiger partial charge in [0, 0.05) is 6.42 Å². The van der Waals surface area contributed by atoms with Crippen molar-refractivity contribution in [2.24, 2.45) is 0 Å². The van der Waals surface area contributed by atoms with Crippen LogP contribution in [-0.4, -0.2) is 87.5 Å². The van der Waals surface area contributed by atoms with Crippen molar-refractivity contribution in [3.8, 4) is 0 Å². The van der Waals surface area contributed by atoms with E-state index in [0.717, 1.165) is 38.5 Å². The minimum absolute atomic E-state index is 0.179. The van der Waals surface area contributed by atoms with Crippen molar-refractivity contribution >= 4 is 5.91 Å². The van der Waals surface area contributed by atoms with Crippen LogP contribution in [0.2, 0.25) is 0 Å². The zero-order valence-electron chi connectivity index (χ0n) is 52.4. The largest absolute Gasteiger partial charge is 0.394 e. The highest BCUT2D eigenvalue weighted by Gasteiger charge is 2.44. The molecule has 0 bridgehead atoms. The standard InChI is InChI=1S/C70H135NO8/c1-3-5-7-9-11-13-15-17-19-21-23-24-25-26-27-28-29-30-31-32-33-34-35-36-37-38-39-40-41-42-44-46-48-50-52-54-56-58-60-66(74)71-63(62-78-70-69(77)68(76)67(75)65(61-72)79-70)64(73)59-57-55-53-51-49-47-45-43-22-20-18-16-14-12-10-8-6-4-2/h49,51,57,59,63-65,67-70,72-73,75-77H,3-48,50,52-56,58,60-62H2,1-2H3,(H,71,74)/b51-49+,59-57+. The summed E-state index contributed by atoms with van der Waals surface area (Å²) >= 11 is 0. The molecule has 0 aromatic heterocycles. The Hall–Kier alpha value is -1.33. The Morgan fingerprint density at radius 3 is 1.06 bits per heavy atom. The number of rotatable bonds is 62. The van der Waals surface area contributed by atoms with Crippen LogP contribution in [0.5, 0.6) is 0 Å². The summed E-state index contributed by atoms with van der Waals surface area (Å²) in [5.74, 6) is -0.179. The first kappa shape index (κ1) is 75.7. The van der Waals surface area contributed by atoms with Crippen molar-refractivity contribution in [1.29, 1.82) is 0 Å². The highest BCUT2D eigenvalue weighted by Crippen LogP contribution is 2.23. The molecular weight excluding hydrogens is 983 g/mol. The molecule has 1 fully saturated rings. The van der Waals surface area contributed by atoms with E-state index in [1.54, 1.807) is 6.08 Å². The Labute approximate surface area is 489 Å². The second kappa shape index (κ2) is 59.8. The molecule has 6 N–H and O–H groups in total. The molecule has 9 heteroatoms. The lowest BCUT2D eigenvalue weighted by molar-refractivity contribution is -0.302. The summed E-state index contributed by atoms with van der Waals surface area (Å²) in [6.07, 6.45) is 71.7. The molecule has 7 atom stereocenters. The van der Waals surface area contributed by atoms with Gasteiger partial charge in [-0.05, 0) is 32.1 Å². The van der Waals surface area contributed by atoms with Crippen LogP contribution >= 0.6 is 0 Å². The number of amides is 1. The van der Waals surface area contributed by atoms with Crippen LogP contribution in [0.4, 0.5) is 0 Å². The fourth-order valence-electron chi connectivity index (χ4n) is 11.5. The van der Waals surface area contributed by atoms with Crippen LogP contribution in [0.3, 0.4) is 0 Å². The number of aliphatic hydroxyl groups is 5. The van der Waals surface area contributed by atoms with Gasteiger partial charge in [-0.25, -0.2) is 0 Å². The molecule has 1 aliphatic rings.